The van der Waals surface area contributed by atoms with Crippen LogP contribution in [0, 0.1) is 11.2 Å². The molecule has 2 heterocycles. The van der Waals surface area contributed by atoms with Gasteiger partial charge in [-0.25, -0.2) is 4.39 Å². The van der Waals surface area contributed by atoms with Crippen molar-refractivity contribution in [3.8, 4) is 5.75 Å². The van der Waals surface area contributed by atoms with Gasteiger partial charge in [-0.3, -0.25) is 4.79 Å². The molecule has 3 aromatic carbocycles. The number of likely N-dealkylation sites (tertiary alicyclic amines) is 1. The van der Waals surface area contributed by atoms with E-state index in [4.69, 9.17) is 9.47 Å². The molecule has 0 aliphatic carbocycles. The number of benzene rings is 3. The number of amides is 1. The first kappa shape index (κ1) is 27.4. The van der Waals surface area contributed by atoms with Gasteiger partial charge < -0.3 is 19.7 Å². The van der Waals surface area contributed by atoms with E-state index in [2.05, 4.69) is 5.32 Å². The maximum atomic E-state index is 14.9. The summed E-state index contributed by atoms with van der Waals surface area (Å²) in [5.41, 5.74) is -2.74. The summed E-state index contributed by atoms with van der Waals surface area (Å²) in [7, 11) is 2.44. The fourth-order valence-electron chi connectivity index (χ4n) is 6.60. The second-order valence-electron chi connectivity index (χ2n) is 10.5. The number of nitrogens with one attached hydrogen (secondary N) is 1. The lowest BCUT2D eigenvalue weighted by Gasteiger charge is -2.51. The highest BCUT2D eigenvalue weighted by Gasteiger charge is 2.64. The quantitative estimate of drug-likeness (QED) is 0.414. The molecule has 2 fully saturated rings. The van der Waals surface area contributed by atoms with Gasteiger partial charge in [0.2, 0.25) is 0 Å². The monoisotopic (exact) mass is 544 g/mol. The van der Waals surface area contributed by atoms with E-state index in [0.29, 0.717) is 35.9 Å². The number of methoxy groups -OCH3 is 2. The molecule has 3 aromatic rings. The number of carbonyl (C=O) groups excluding carboxylic acids is 1. The average Bonchev–Trinajstić information content (AvgIpc) is 2.94. The van der Waals surface area contributed by atoms with E-state index in [0.717, 1.165) is 25.6 Å². The number of halogens is 4. The van der Waals surface area contributed by atoms with Crippen LogP contribution in [0.15, 0.2) is 60.7 Å². The lowest BCUT2D eigenvalue weighted by Crippen LogP contribution is -2.60. The van der Waals surface area contributed by atoms with Gasteiger partial charge in [-0.1, -0.05) is 48.5 Å². The van der Waals surface area contributed by atoms with Gasteiger partial charge in [-0.2, -0.15) is 13.2 Å². The third-order valence-corrected chi connectivity index (χ3v) is 8.68. The van der Waals surface area contributed by atoms with Gasteiger partial charge in [0.05, 0.1) is 7.11 Å². The van der Waals surface area contributed by atoms with Crippen LogP contribution in [-0.4, -0.2) is 57.4 Å². The SMILES string of the molecule is COc1cc(F)ccc1C1CNCCC12CCN(C(=O)C(OC)(c1cccc3ccccc13)C(F)(F)F)CC2. The van der Waals surface area contributed by atoms with Crippen molar-refractivity contribution in [2.45, 2.75) is 37.0 Å². The lowest BCUT2D eigenvalue weighted by atomic mass is 9.62. The maximum absolute atomic E-state index is 14.9. The van der Waals surface area contributed by atoms with E-state index in [1.54, 1.807) is 36.4 Å². The molecular formula is C30H32F4N2O3. The summed E-state index contributed by atoms with van der Waals surface area (Å²) in [5.74, 6) is -1.08. The molecule has 5 nitrogen and oxygen atoms in total. The Hall–Kier alpha value is -3.17. The molecule has 0 saturated carbocycles. The Balaban J connectivity index is 1.48. The van der Waals surface area contributed by atoms with Crippen molar-refractivity contribution in [3.05, 3.63) is 77.6 Å². The van der Waals surface area contributed by atoms with Crippen molar-refractivity contribution in [3.63, 3.8) is 0 Å². The normalized spacial score (nSPS) is 21.1. The Morgan fingerprint density at radius 1 is 1.00 bits per heavy atom. The molecule has 2 saturated heterocycles. The van der Waals surface area contributed by atoms with Crippen molar-refractivity contribution in [1.29, 1.82) is 0 Å². The molecule has 2 atom stereocenters. The Morgan fingerprint density at radius 2 is 1.72 bits per heavy atom. The van der Waals surface area contributed by atoms with Crippen LogP contribution in [-0.2, 0) is 15.1 Å². The zero-order chi connectivity index (χ0) is 27.8. The Kier molecular flexibility index (Phi) is 7.33. The summed E-state index contributed by atoms with van der Waals surface area (Å²) in [6.45, 7) is 1.71. The van der Waals surface area contributed by atoms with Gasteiger partial charge in [0, 0.05) is 44.3 Å². The number of piperidine rings is 2. The predicted molar refractivity (Wildman–Crippen MR) is 140 cm³/mol. The zero-order valence-corrected chi connectivity index (χ0v) is 22.0. The number of hydrogen-bond acceptors (Lipinski definition) is 4. The summed E-state index contributed by atoms with van der Waals surface area (Å²) in [6, 6.07) is 15.7. The van der Waals surface area contributed by atoms with E-state index in [1.807, 2.05) is 0 Å². The van der Waals surface area contributed by atoms with E-state index in [-0.39, 0.29) is 30.0 Å². The highest BCUT2D eigenvalue weighted by molar-refractivity contribution is 5.95. The van der Waals surface area contributed by atoms with Crippen molar-refractivity contribution >= 4 is 16.7 Å². The summed E-state index contributed by atoms with van der Waals surface area (Å²) in [6.07, 6.45) is -3.17. The van der Waals surface area contributed by atoms with Crippen molar-refractivity contribution in [2.24, 2.45) is 5.41 Å². The molecule has 2 aliphatic rings. The van der Waals surface area contributed by atoms with E-state index in [1.165, 1.54) is 36.3 Å². The molecule has 1 N–H and O–H groups in total. The van der Waals surface area contributed by atoms with Crippen LogP contribution in [0.5, 0.6) is 5.75 Å². The molecule has 1 amide bonds. The first-order chi connectivity index (χ1) is 18.7. The first-order valence-electron chi connectivity index (χ1n) is 13.1. The highest BCUT2D eigenvalue weighted by Crippen LogP contribution is 2.52. The zero-order valence-electron chi connectivity index (χ0n) is 22.0. The topological polar surface area (TPSA) is 50.8 Å². The number of rotatable bonds is 5. The van der Waals surface area contributed by atoms with Crippen LogP contribution in [0.3, 0.4) is 0 Å². The molecule has 208 valence electrons. The second kappa shape index (κ2) is 10.4. The number of nitrogens with zero attached hydrogens (tertiary/aromatic N) is 1. The third-order valence-electron chi connectivity index (χ3n) is 8.68. The van der Waals surface area contributed by atoms with Gasteiger partial charge in [-0.05, 0) is 53.6 Å². The number of ether oxygens (including phenoxy) is 2. The molecule has 0 radical (unpaired) electrons. The minimum absolute atomic E-state index is 0.0353. The summed E-state index contributed by atoms with van der Waals surface area (Å²) in [5, 5.41) is 4.31. The summed E-state index contributed by atoms with van der Waals surface area (Å²) in [4.78, 5) is 15.2. The van der Waals surface area contributed by atoms with Crippen LogP contribution in [0.25, 0.3) is 10.8 Å². The minimum Gasteiger partial charge on any atom is -0.496 e. The number of carbonyl (C=O) groups is 1. The van der Waals surface area contributed by atoms with E-state index < -0.39 is 23.5 Å². The first-order valence-corrected chi connectivity index (χ1v) is 13.1. The van der Waals surface area contributed by atoms with Gasteiger partial charge in [0.1, 0.15) is 11.6 Å². The van der Waals surface area contributed by atoms with Gasteiger partial charge in [-0.15, -0.1) is 0 Å². The lowest BCUT2D eigenvalue weighted by molar-refractivity contribution is -0.270. The minimum atomic E-state index is -4.99. The van der Waals surface area contributed by atoms with Crippen LogP contribution in [0.1, 0.15) is 36.3 Å². The second-order valence-corrected chi connectivity index (χ2v) is 10.5. The van der Waals surface area contributed by atoms with Gasteiger partial charge >= 0.3 is 6.18 Å². The fraction of sp³-hybridized carbons (Fsp3) is 0.433. The van der Waals surface area contributed by atoms with Crippen molar-refractivity contribution in [1.82, 2.24) is 10.2 Å². The third kappa shape index (κ3) is 4.55. The molecule has 2 unspecified atom stereocenters. The van der Waals surface area contributed by atoms with Crippen LogP contribution < -0.4 is 10.1 Å². The molecule has 1 spiro atoms. The molecule has 0 bridgehead atoms. The standard InChI is InChI=1S/C30H32F4N2O3/c1-38-26-18-21(31)10-11-23(26)25-19-35-15-12-28(25)13-16-36(17-14-28)27(37)29(39-2,30(32,33)34)24-9-5-7-20-6-3-4-8-22(20)24/h3-11,18,25,35H,12-17,19H2,1-2H3. The summed E-state index contributed by atoms with van der Waals surface area (Å²) >= 11 is 0. The van der Waals surface area contributed by atoms with Crippen LogP contribution in [0.2, 0.25) is 0 Å². The van der Waals surface area contributed by atoms with Crippen molar-refractivity contribution in [2.75, 3.05) is 40.4 Å². The van der Waals surface area contributed by atoms with Crippen molar-refractivity contribution < 1.29 is 31.8 Å². The van der Waals surface area contributed by atoms with Gasteiger partial charge in [0.15, 0.2) is 0 Å². The average molecular weight is 545 g/mol. The number of hydrogen-bond donors (Lipinski definition) is 1. The number of alkyl halides is 3. The summed E-state index contributed by atoms with van der Waals surface area (Å²) < 4.78 is 69.3. The van der Waals surface area contributed by atoms with Gasteiger partial charge in [0.25, 0.3) is 11.5 Å². The molecule has 0 aromatic heterocycles. The van der Waals surface area contributed by atoms with Crippen LogP contribution in [0.4, 0.5) is 17.6 Å². The maximum Gasteiger partial charge on any atom is 0.431 e. The fourth-order valence-corrected chi connectivity index (χ4v) is 6.60. The smallest absolute Gasteiger partial charge is 0.431 e. The van der Waals surface area contributed by atoms with Crippen LogP contribution >= 0.6 is 0 Å². The molecule has 2 aliphatic heterocycles. The predicted octanol–water partition coefficient (Wildman–Crippen LogP) is 5.78. The van der Waals surface area contributed by atoms with E-state index in [9.17, 15) is 22.4 Å². The Morgan fingerprint density at radius 3 is 2.41 bits per heavy atom. The Labute approximate surface area is 225 Å². The molecular weight excluding hydrogens is 512 g/mol. The Bertz CT molecular complexity index is 1350. The number of fused-ring (bicyclic) bond motifs is 1. The largest absolute Gasteiger partial charge is 0.496 e. The molecule has 9 heteroatoms. The molecule has 5 rings (SSSR count). The van der Waals surface area contributed by atoms with E-state index >= 15 is 0 Å². The molecule has 39 heavy (non-hydrogen) atoms. The highest BCUT2D eigenvalue weighted by atomic mass is 19.4.